The molecule has 1 saturated carbocycles. The van der Waals surface area contributed by atoms with Crippen molar-refractivity contribution in [1.82, 2.24) is 10.2 Å². The van der Waals surface area contributed by atoms with Crippen molar-refractivity contribution in [1.29, 1.82) is 0 Å². The minimum atomic E-state index is 0.262. The molecule has 3 heteroatoms. The largest absolute Gasteiger partial charge is 0.343 e. The number of carbonyl (C=O) groups is 1. The second-order valence-electron chi connectivity index (χ2n) is 5.82. The summed E-state index contributed by atoms with van der Waals surface area (Å²) in [4.78, 5) is 14.5. The molecule has 3 nitrogen and oxygen atoms in total. The predicted molar refractivity (Wildman–Crippen MR) is 69.8 cm³/mol. The summed E-state index contributed by atoms with van der Waals surface area (Å²) in [7, 11) is 2.02. The van der Waals surface area contributed by atoms with Gasteiger partial charge in [-0.15, -0.1) is 0 Å². The van der Waals surface area contributed by atoms with Gasteiger partial charge in [0.25, 0.3) is 0 Å². The van der Waals surface area contributed by atoms with Crippen LogP contribution in [0.25, 0.3) is 0 Å². The summed E-state index contributed by atoms with van der Waals surface area (Å²) in [6, 6.07) is 1.01. The summed E-state index contributed by atoms with van der Waals surface area (Å²) in [5.74, 6) is 0.656. The third-order valence-electron chi connectivity index (χ3n) is 4.44. The van der Waals surface area contributed by atoms with Crippen LogP contribution in [0, 0.1) is 5.92 Å². The van der Waals surface area contributed by atoms with Crippen LogP contribution in [0.4, 0.5) is 0 Å². The molecule has 1 aliphatic heterocycles. The van der Waals surface area contributed by atoms with Crippen molar-refractivity contribution >= 4 is 5.91 Å². The van der Waals surface area contributed by atoms with Crippen LogP contribution in [0.5, 0.6) is 0 Å². The van der Waals surface area contributed by atoms with E-state index < -0.39 is 0 Å². The zero-order valence-electron chi connectivity index (χ0n) is 11.2. The lowest BCUT2D eigenvalue weighted by atomic mass is 9.89. The maximum absolute atomic E-state index is 12.4. The third kappa shape index (κ3) is 3.21. The fourth-order valence-electron chi connectivity index (χ4n) is 3.29. The lowest BCUT2D eigenvalue weighted by Gasteiger charge is -2.36. The molecule has 0 radical (unpaired) electrons. The fraction of sp³-hybridized carbons (Fsp3) is 0.929. The van der Waals surface area contributed by atoms with Crippen molar-refractivity contribution in [3.05, 3.63) is 0 Å². The maximum Gasteiger partial charge on any atom is 0.225 e. The number of nitrogens with one attached hydrogen (secondary N) is 1. The van der Waals surface area contributed by atoms with Gasteiger partial charge in [0, 0.05) is 25.0 Å². The second-order valence-corrected chi connectivity index (χ2v) is 5.82. The monoisotopic (exact) mass is 238 g/mol. The first-order valence-electron chi connectivity index (χ1n) is 7.18. The highest BCUT2D eigenvalue weighted by Gasteiger charge is 2.30. The van der Waals surface area contributed by atoms with Gasteiger partial charge in [0.1, 0.15) is 0 Å². The van der Waals surface area contributed by atoms with Gasteiger partial charge >= 0.3 is 0 Å². The van der Waals surface area contributed by atoms with Gasteiger partial charge in [-0.05, 0) is 39.2 Å². The Morgan fingerprint density at radius 2 is 1.88 bits per heavy atom. The molecule has 0 aromatic carbocycles. The average molecular weight is 238 g/mol. The number of carbonyl (C=O) groups excluding carboxylic acids is 1. The number of amides is 1. The molecule has 98 valence electrons. The van der Waals surface area contributed by atoms with E-state index >= 15 is 0 Å². The Bertz CT molecular complexity index is 261. The van der Waals surface area contributed by atoms with Crippen molar-refractivity contribution in [2.75, 3.05) is 13.6 Å². The standard InChI is InChI=1S/C14H26N2O/c1-11-10-12(8-9-15-11)14(17)16(2)13-6-4-3-5-7-13/h11-13,15H,3-10H2,1-2H3/t11-,12-/m0/s1. The number of hydrogen-bond acceptors (Lipinski definition) is 2. The SMILES string of the molecule is C[C@H]1C[C@@H](C(=O)N(C)C2CCCCC2)CCN1. The molecule has 1 heterocycles. The number of nitrogens with zero attached hydrogens (tertiary/aromatic N) is 1. The van der Waals surface area contributed by atoms with Gasteiger partial charge in [0.15, 0.2) is 0 Å². The van der Waals surface area contributed by atoms with Gasteiger partial charge in [0.05, 0.1) is 0 Å². The van der Waals surface area contributed by atoms with E-state index in [2.05, 4.69) is 17.1 Å². The van der Waals surface area contributed by atoms with Crippen LogP contribution in [-0.4, -0.2) is 36.5 Å². The third-order valence-corrected chi connectivity index (χ3v) is 4.44. The van der Waals surface area contributed by atoms with E-state index in [0.717, 1.165) is 19.4 Å². The number of hydrogen-bond donors (Lipinski definition) is 1. The molecule has 2 atom stereocenters. The fourth-order valence-corrected chi connectivity index (χ4v) is 3.29. The topological polar surface area (TPSA) is 32.3 Å². The minimum absolute atomic E-state index is 0.262. The molecule has 0 bridgehead atoms. The first kappa shape index (κ1) is 12.9. The highest BCUT2D eigenvalue weighted by molar-refractivity contribution is 5.79. The van der Waals surface area contributed by atoms with Gasteiger partial charge in [0.2, 0.25) is 5.91 Å². The summed E-state index contributed by atoms with van der Waals surface area (Å²) in [6.45, 7) is 3.18. The van der Waals surface area contributed by atoms with Crippen LogP contribution in [-0.2, 0) is 4.79 Å². The molecule has 0 unspecified atom stereocenters. The van der Waals surface area contributed by atoms with Crippen molar-refractivity contribution in [3.8, 4) is 0 Å². The van der Waals surface area contributed by atoms with E-state index in [1.165, 1.54) is 32.1 Å². The van der Waals surface area contributed by atoms with E-state index in [1.54, 1.807) is 0 Å². The average Bonchev–Trinajstić information content (AvgIpc) is 2.38. The molecule has 0 aromatic heterocycles. The molecule has 2 fully saturated rings. The summed E-state index contributed by atoms with van der Waals surface area (Å²) in [5.41, 5.74) is 0. The van der Waals surface area contributed by atoms with E-state index in [9.17, 15) is 4.79 Å². The zero-order chi connectivity index (χ0) is 12.3. The van der Waals surface area contributed by atoms with E-state index in [1.807, 2.05) is 7.05 Å². The lowest BCUT2D eigenvalue weighted by molar-refractivity contribution is -0.138. The Hall–Kier alpha value is -0.570. The molecule has 1 amide bonds. The Morgan fingerprint density at radius 1 is 1.18 bits per heavy atom. The van der Waals surface area contributed by atoms with Crippen molar-refractivity contribution in [2.24, 2.45) is 5.92 Å². The molecule has 0 aromatic rings. The smallest absolute Gasteiger partial charge is 0.225 e. The minimum Gasteiger partial charge on any atom is -0.343 e. The van der Waals surface area contributed by atoms with E-state index in [0.29, 0.717) is 18.0 Å². The molecule has 1 aliphatic carbocycles. The molecular weight excluding hydrogens is 212 g/mol. The first-order valence-corrected chi connectivity index (χ1v) is 7.18. The van der Waals surface area contributed by atoms with Crippen LogP contribution in [0.1, 0.15) is 51.9 Å². The van der Waals surface area contributed by atoms with Crippen molar-refractivity contribution < 1.29 is 4.79 Å². The predicted octanol–water partition coefficient (Wildman–Crippen LogP) is 2.17. The second kappa shape index (κ2) is 5.85. The van der Waals surface area contributed by atoms with E-state index in [-0.39, 0.29) is 5.92 Å². The number of rotatable bonds is 2. The highest BCUT2D eigenvalue weighted by atomic mass is 16.2. The lowest BCUT2D eigenvalue weighted by Crippen LogP contribution is -2.46. The first-order chi connectivity index (χ1) is 8.18. The summed E-state index contributed by atoms with van der Waals surface area (Å²) >= 11 is 0. The highest BCUT2D eigenvalue weighted by Crippen LogP contribution is 2.25. The maximum atomic E-state index is 12.4. The quantitative estimate of drug-likeness (QED) is 0.799. The molecule has 17 heavy (non-hydrogen) atoms. The van der Waals surface area contributed by atoms with Crippen molar-refractivity contribution in [3.63, 3.8) is 0 Å². The van der Waals surface area contributed by atoms with Gasteiger partial charge in [-0.25, -0.2) is 0 Å². The molecule has 1 N–H and O–H groups in total. The van der Waals surface area contributed by atoms with Crippen LogP contribution >= 0.6 is 0 Å². The van der Waals surface area contributed by atoms with Gasteiger partial charge in [-0.3, -0.25) is 4.79 Å². The Kier molecular flexibility index (Phi) is 4.43. The van der Waals surface area contributed by atoms with Crippen LogP contribution in [0.15, 0.2) is 0 Å². The van der Waals surface area contributed by atoms with Crippen LogP contribution in [0.3, 0.4) is 0 Å². The van der Waals surface area contributed by atoms with Crippen LogP contribution in [0.2, 0.25) is 0 Å². The Labute approximate surface area is 105 Å². The number of piperidine rings is 1. The molecule has 0 spiro atoms. The van der Waals surface area contributed by atoms with E-state index in [4.69, 9.17) is 0 Å². The zero-order valence-corrected chi connectivity index (χ0v) is 11.2. The normalized spacial score (nSPS) is 31.2. The summed E-state index contributed by atoms with van der Waals surface area (Å²) < 4.78 is 0. The molecule has 1 saturated heterocycles. The van der Waals surface area contributed by atoms with Gasteiger partial charge in [-0.1, -0.05) is 19.3 Å². The molecule has 2 aliphatic rings. The summed E-state index contributed by atoms with van der Waals surface area (Å²) in [6.07, 6.45) is 8.39. The van der Waals surface area contributed by atoms with Gasteiger partial charge in [-0.2, -0.15) is 0 Å². The Morgan fingerprint density at radius 3 is 2.53 bits per heavy atom. The molecular formula is C14H26N2O. The Balaban J connectivity index is 1.89. The summed E-state index contributed by atoms with van der Waals surface area (Å²) in [5, 5.41) is 3.41. The van der Waals surface area contributed by atoms with Gasteiger partial charge < -0.3 is 10.2 Å². The van der Waals surface area contributed by atoms with Crippen LogP contribution < -0.4 is 5.32 Å². The molecule has 2 rings (SSSR count). The van der Waals surface area contributed by atoms with Crippen molar-refractivity contribution in [2.45, 2.75) is 64.0 Å².